The largest absolute Gasteiger partial charge is 0.356 e. The second kappa shape index (κ2) is 6.44. The van der Waals surface area contributed by atoms with Crippen LogP contribution < -0.4 is 10.2 Å². The van der Waals surface area contributed by atoms with Crippen LogP contribution in [0.1, 0.15) is 30.1 Å². The first-order valence-electron chi connectivity index (χ1n) is 7.87. The summed E-state index contributed by atoms with van der Waals surface area (Å²) in [6.45, 7) is 6.90. The van der Waals surface area contributed by atoms with Crippen LogP contribution in [-0.4, -0.2) is 38.7 Å². The molecule has 0 radical (unpaired) electrons. The Bertz CT molecular complexity index is 607. The van der Waals surface area contributed by atoms with Crippen molar-refractivity contribution < 1.29 is 0 Å². The van der Waals surface area contributed by atoms with Gasteiger partial charge in [-0.3, -0.25) is 0 Å². The molecule has 0 unspecified atom stereocenters. The summed E-state index contributed by atoms with van der Waals surface area (Å²) in [6.07, 6.45) is 6.18. The van der Waals surface area contributed by atoms with Gasteiger partial charge in [0.25, 0.3) is 0 Å². The highest BCUT2D eigenvalue weighted by atomic mass is 15.2. The molecule has 0 spiro atoms. The molecule has 1 N–H and O–H groups in total. The lowest BCUT2D eigenvalue weighted by atomic mass is 10.0. The Morgan fingerprint density at radius 2 is 2.00 bits per heavy atom. The highest BCUT2D eigenvalue weighted by Gasteiger charge is 2.20. The van der Waals surface area contributed by atoms with Crippen LogP contribution in [0.2, 0.25) is 0 Å². The van der Waals surface area contributed by atoms with Crippen molar-refractivity contribution in [2.45, 2.75) is 39.3 Å². The molecule has 118 valence electrons. The number of hydrogen-bond acceptors (Lipinski definition) is 5. The van der Waals surface area contributed by atoms with Gasteiger partial charge in [-0.25, -0.2) is 15.0 Å². The average molecular weight is 300 g/mol. The molecule has 22 heavy (non-hydrogen) atoms. The van der Waals surface area contributed by atoms with Gasteiger partial charge in [-0.1, -0.05) is 0 Å². The van der Waals surface area contributed by atoms with Crippen LogP contribution in [0.3, 0.4) is 0 Å². The van der Waals surface area contributed by atoms with Crippen LogP contribution in [-0.2, 0) is 13.6 Å². The van der Waals surface area contributed by atoms with Gasteiger partial charge >= 0.3 is 0 Å². The van der Waals surface area contributed by atoms with E-state index >= 15 is 0 Å². The van der Waals surface area contributed by atoms with Gasteiger partial charge in [0.1, 0.15) is 11.6 Å². The second-order valence-corrected chi connectivity index (χ2v) is 6.09. The van der Waals surface area contributed by atoms with Gasteiger partial charge in [-0.2, -0.15) is 0 Å². The summed E-state index contributed by atoms with van der Waals surface area (Å²) < 4.78 is 1.99. The molecule has 0 aliphatic carbocycles. The zero-order valence-corrected chi connectivity index (χ0v) is 13.6. The van der Waals surface area contributed by atoms with E-state index in [1.807, 2.05) is 31.8 Å². The van der Waals surface area contributed by atoms with E-state index in [1.165, 1.54) is 0 Å². The molecular formula is C16H24N6. The molecule has 3 rings (SSSR count). The maximum absolute atomic E-state index is 4.56. The van der Waals surface area contributed by atoms with Crippen molar-refractivity contribution in [2.75, 3.05) is 18.0 Å². The number of hydrogen-bond donors (Lipinski definition) is 1. The third kappa shape index (κ3) is 3.62. The number of imidazole rings is 1. The first-order valence-corrected chi connectivity index (χ1v) is 7.87. The van der Waals surface area contributed by atoms with Gasteiger partial charge < -0.3 is 14.8 Å². The fourth-order valence-corrected chi connectivity index (χ4v) is 2.98. The first-order chi connectivity index (χ1) is 10.6. The molecule has 1 aliphatic heterocycles. The minimum absolute atomic E-state index is 0.558. The van der Waals surface area contributed by atoms with Crippen molar-refractivity contribution in [3.63, 3.8) is 0 Å². The predicted octanol–water partition coefficient (Wildman–Crippen LogP) is 1.59. The SMILES string of the molecule is Cc1cc(N2CCC(NCc3cn(C)cn3)CC2)nc(C)n1. The Morgan fingerprint density at radius 3 is 2.64 bits per heavy atom. The molecular weight excluding hydrogens is 276 g/mol. The van der Waals surface area contributed by atoms with Gasteiger partial charge in [-0.05, 0) is 26.7 Å². The molecule has 2 aromatic rings. The van der Waals surface area contributed by atoms with Gasteiger partial charge in [-0.15, -0.1) is 0 Å². The topological polar surface area (TPSA) is 58.9 Å². The number of piperidine rings is 1. The molecule has 1 fully saturated rings. The summed E-state index contributed by atoms with van der Waals surface area (Å²) >= 11 is 0. The maximum atomic E-state index is 4.56. The standard InChI is InChI=1S/C16H24N6/c1-12-8-16(20-13(2)19-12)22-6-4-14(5-7-22)17-9-15-10-21(3)11-18-15/h8,10-11,14,17H,4-7,9H2,1-3H3. The Hall–Kier alpha value is -1.95. The van der Waals surface area contributed by atoms with E-state index in [4.69, 9.17) is 0 Å². The first kappa shape index (κ1) is 15.0. The lowest BCUT2D eigenvalue weighted by Crippen LogP contribution is -2.42. The van der Waals surface area contributed by atoms with Crippen LogP contribution in [0.15, 0.2) is 18.6 Å². The fourth-order valence-electron chi connectivity index (χ4n) is 2.98. The second-order valence-electron chi connectivity index (χ2n) is 6.09. The van der Waals surface area contributed by atoms with Crippen molar-refractivity contribution in [3.05, 3.63) is 35.8 Å². The van der Waals surface area contributed by atoms with E-state index in [1.54, 1.807) is 0 Å². The fraction of sp³-hybridized carbons (Fsp3) is 0.562. The highest BCUT2D eigenvalue weighted by molar-refractivity contribution is 5.40. The van der Waals surface area contributed by atoms with E-state index in [9.17, 15) is 0 Å². The van der Waals surface area contributed by atoms with Crippen molar-refractivity contribution in [2.24, 2.45) is 7.05 Å². The van der Waals surface area contributed by atoms with E-state index in [0.717, 1.165) is 55.5 Å². The van der Waals surface area contributed by atoms with Gasteiger partial charge in [0, 0.05) is 50.7 Å². The normalized spacial score (nSPS) is 16.2. The Labute approximate surface area is 131 Å². The Balaban J connectivity index is 1.51. The third-order valence-corrected chi connectivity index (χ3v) is 4.10. The minimum atomic E-state index is 0.558. The molecule has 1 aliphatic rings. The Morgan fingerprint density at radius 1 is 1.23 bits per heavy atom. The summed E-state index contributed by atoms with van der Waals surface area (Å²) in [5.74, 6) is 1.92. The van der Waals surface area contributed by atoms with Crippen molar-refractivity contribution in [3.8, 4) is 0 Å². The van der Waals surface area contributed by atoms with E-state index in [-0.39, 0.29) is 0 Å². The number of nitrogens with zero attached hydrogens (tertiary/aromatic N) is 5. The van der Waals surface area contributed by atoms with Gasteiger partial charge in [0.05, 0.1) is 12.0 Å². The van der Waals surface area contributed by atoms with E-state index in [0.29, 0.717) is 6.04 Å². The van der Waals surface area contributed by atoms with Crippen LogP contribution in [0, 0.1) is 13.8 Å². The van der Waals surface area contributed by atoms with Crippen molar-refractivity contribution in [1.82, 2.24) is 24.8 Å². The van der Waals surface area contributed by atoms with E-state index in [2.05, 4.69) is 37.4 Å². The molecule has 2 aromatic heterocycles. The average Bonchev–Trinajstić information content (AvgIpc) is 2.90. The predicted molar refractivity (Wildman–Crippen MR) is 86.8 cm³/mol. The lowest BCUT2D eigenvalue weighted by molar-refractivity contribution is 0.411. The van der Waals surface area contributed by atoms with Crippen LogP contribution in [0.5, 0.6) is 0 Å². The zero-order valence-electron chi connectivity index (χ0n) is 13.6. The van der Waals surface area contributed by atoms with Crippen LogP contribution in [0.4, 0.5) is 5.82 Å². The summed E-state index contributed by atoms with van der Waals surface area (Å²) in [5.41, 5.74) is 2.14. The molecule has 3 heterocycles. The molecule has 0 bridgehead atoms. The van der Waals surface area contributed by atoms with Gasteiger partial charge in [0.2, 0.25) is 0 Å². The third-order valence-electron chi connectivity index (χ3n) is 4.10. The van der Waals surface area contributed by atoms with Crippen molar-refractivity contribution >= 4 is 5.82 Å². The summed E-state index contributed by atoms with van der Waals surface area (Å²) in [6, 6.07) is 2.64. The monoisotopic (exact) mass is 300 g/mol. The van der Waals surface area contributed by atoms with Crippen molar-refractivity contribution in [1.29, 1.82) is 0 Å². The number of rotatable bonds is 4. The molecule has 0 atom stereocenters. The maximum Gasteiger partial charge on any atom is 0.132 e. The summed E-state index contributed by atoms with van der Waals surface area (Å²) in [5, 5.41) is 3.61. The minimum Gasteiger partial charge on any atom is -0.356 e. The highest BCUT2D eigenvalue weighted by Crippen LogP contribution is 2.19. The van der Waals surface area contributed by atoms with E-state index < -0.39 is 0 Å². The Kier molecular flexibility index (Phi) is 4.38. The quantitative estimate of drug-likeness (QED) is 0.929. The molecule has 6 heteroatoms. The number of nitrogens with one attached hydrogen (secondary N) is 1. The zero-order chi connectivity index (χ0) is 15.5. The van der Waals surface area contributed by atoms with Crippen LogP contribution in [0.25, 0.3) is 0 Å². The van der Waals surface area contributed by atoms with Gasteiger partial charge in [0.15, 0.2) is 0 Å². The molecule has 0 aromatic carbocycles. The molecule has 6 nitrogen and oxygen atoms in total. The summed E-state index contributed by atoms with van der Waals surface area (Å²) in [7, 11) is 2.00. The smallest absolute Gasteiger partial charge is 0.132 e. The lowest BCUT2D eigenvalue weighted by Gasteiger charge is -2.33. The number of anilines is 1. The van der Waals surface area contributed by atoms with Crippen LogP contribution >= 0.6 is 0 Å². The molecule has 0 saturated carbocycles. The summed E-state index contributed by atoms with van der Waals surface area (Å²) in [4.78, 5) is 15.6. The molecule has 0 amide bonds. The number of aromatic nitrogens is 4. The number of aryl methyl sites for hydroxylation is 3. The molecule has 1 saturated heterocycles.